The number of carbonyl (C=O) groups excluding carboxylic acids is 1. The van der Waals surface area contributed by atoms with Gasteiger partial charge in [0, 0.05) is 20.2 Å². The molecule has 5 nitrogen and oxygen atoms in total. The highest BCUT2D eigenvalue weighted by Gasteiger charge is 2.14. The third-order valence-electron chi connectivity index (χ3n) is 4.34. The molecule has 0 saturated carbocycles. The number of rotatable bonds is 7. The first-order valence-corrected chi connectivity index (χ1v) is 10.9. The number of benzene rings is 3. The van der Waals surface area contributed by atoms with Gasteiger partial charge in [0.15, 0.2) is 11.5 Å². The van der Waals surface area contributed by atoms with Crippen molar-refractivity contribution in [2.75, 3.05) is 12.4 Å². The van der Waals surface area contributed by atoms with Crippen molar-refractivity contribution in [3.63, 3.8) is 0 Å². The summed E-state index contributed by atoms with van der Waals surface area (Å²) in [5.41, 5.74) is 1.94. The molecule has 0 heterocycles. The topological polar surface area (TPSA) is 71.3 Å². The second-order valence-corrected chi connectivity index (χ2v) is 8.30. The average molecular weight is 532 g/mol. The van der Waals surface area contributed by atoms with Crippen LogP contribution in [0.5, 0.6) is 11.5 Å². The van der Waals surface area contributed by atoms with E-state index >= 15 is 0 Å². The molecule has 0 unspecified atom stereocenters. The highest BCUT2D eigenvalue weighted by molar-refractivity contribution is 9.10. The molecule has 162 valence electrons. The van der Waals surface area contributed by atoms with Crippen LogP contribution in [0.2, 0.25) is 10.0 Å². The van der Waals surface area contributed by atoms with Gasteiger partial charge in [-0.3, -0.25) is 4.79 Å². The van der Waals surface area contributed by atoms with Crippen LogP contribution in [0.3, 0.4) is 0 Å². The van der Waals surface area contributed by atoms with Crippen molar-refractivity contribution in [1.29, 1.82) is 5.26 Å². The molecule has 1 amide bonds. The van der Waals surface area contributed by atoms with Gasteiger partial charge in [-0.15, -0.1) is 0 Å². The summed E-state index contributed by atoms with van der Waals surface area (Å²) in [5.74, 6) is 0.415. The molecule has 0 atom stereocenters. The zero-order valence-electron chi connectivity index (χ0n) is 16.9. The van der Waals surface area contributed by atoms with Crippen molar-refractivity contribution in [2.45, 2.75) is 6.61 Å². The SMILES string of the molecule is COc1cc(/C=C(\C#N)C(=O)Nc2cccc(Cl)c2)c(Br)cc1OCc1ccc(Cl)cc1. The molecule has 0 aliphatic rings. The molecule has 0 aliphatic heterocycles. The van der Waals surface area contributed by atoms with Crippen molar-refractivity contribution in [2.24, 2.45) is 0 Å². The molecule has 3 aromatic rings. The first-order valence-electron chi connectivity index (χ1n) is 9.33. The van der Waals surface area contributed by atoms with Gasteiger partial charge in [0.05, 0.1) is 7.11 Å². The fraction of sp³-hybridized carbons (Fsp3) is 0.0833. The number of methoxy groups -OCH3 is 1. The Morgan fingerprint density at radius 2 is 1.84 bits per heavy atom. The number of carbonyl (C=O) groups is 1. The Kier molecular flexibility index (Phi) is 8.18. The number of nitrogens with zero attached hydrogens (tertiary/aromatic N) is 1. The maximum Gasteiger partial charge on any atom is 0.266 e. The lowest BCUT2D eigenvalue weighted by atomic mass is 10.1. The Balaban J connectivity index is 1.81. The van der Waals surface area contributed by atoms with Crippen LogP contribution in [-0.4, -0.2) is 13.0 Å². The van der Waals surface area contributed by atoms with Gasteiger partial charge in [-0.25, -0.2) is 0 Å². The molecule has 8 heteroatoms. The summed E-state index contributed by atoms with van der Waals surface area (Å²) < 4.78 is 12.0. The van der Waals surface area contributed by atoms with E-state index in [-0.39, 0.29) is 5.57 Å². The molecule has 0 bridgehead atoms. The molecule has 0 saturated heterocycles. The minimum atomic E-state index is -0.552. The second kappa shape index (κ2) is 11.1. The van der Waals surface area contributed by atoms with E-state index in [1.54, 1.807) is 48.5 Å². The van der Waals surface area contributed by atoms with E-state index in [0.717, 1.165) is 5.56 Å². The molecule has 3 aromatic carbocycles. The number of ether oxygens (including phenoxy) is 2. The molecule has 0 fully saturated rings. The molecular formula is C24H17BrCl2N2O3. The molecule has 1 N–H and O–H groups in total. The van der Waals surface area contributed by atoms with Crippen LogP contribution in [-0.2, 0) is 11.4 Å². The van der Waals surface area contributed by atoms with Gasteiger partial charge in [0.25, 0.3) is 5.91 Å². The van der Waals surface area contributed by atoms with E-state index in [2.05, 4.69) is 21.2 Å². The van der Waals surface area contributed by atoms with E-state index in [9.17, 15) is 10.1 Å². The summed E-state index contributed by atoms with van der Waals surface area (Å²) in [4.78, 5) is 12.5. The maximum absolute atomic E-state index is 12.5. The van der Waals surface area contributed by atoms with Gasteiger partial charge in [0.2, 0.25) is 0 Å². The molecule has 3 rings (SSSR count). The van der Waals surface area contributed by atoms with Gasteiger partial charge in [-0.1, -0.05) is 57.3 Å². The molecular weight excluding hydrogens is 515 g/mol. The highest BCUT2D eigenvalue weighted by atomic mass is 79.9. The zero-order valence-corrected chi connectivity index (χ0v) is 20.0. The quantitative estimate of drug-likeness (QED) is 0.266. The van der Waals surface area contributed by atoms with Crippen molar-refractivity contribution in [1.82, 2.24) is 0 Å². The van der Waals surface area contributed by atoms with Gasteiger partial charge >= 0.3 is 0 Å². The average Bonchev–Trinajstić information content (AvgIpc) is 2.78. The van der Waals surface area contributed by atoms with Crippen LogP contribution in [0.1, 0.15) is 11.1 Å². The Morgan fingerprint density at radius 3 is 2.50 bits per heavy atom. The van der Waals surface area contributed by atoms with Crippen LogP contribution >= 0.6 is 39.1 Å². The minimum Gasteiger partial charge on any atom is -0.493 e. The van der Waals surface area contributed by atoms with E-state index in [1.807, 2.05) is 18.2 Å². The summed E-state index contributed by atoms with van der Waals surface area (Å²) in [6, 6.07) is 19.4. The number of amides is 1. The monoisotopic (exact) mass is 530 g/mol. The number of nitriles is 1. The normalized spacial score (nSPS) is 10.9. The first kappa shape index (κ1) is 23.7. The van der Waals surface area contributed by atoms with Crippen LogP contribution < -0.4 is 14.8 Å². The summed E-state index contributed by atoms with van der Waals surface area (Å²) >= 11 is 15.3. The van der Waals surface area contributed by atoms with Gasteiger partial charge in [-0.2, -0.15) is 5.26 Å². The fourth-order valence-electron chi connectivity index (χ4n) is 2.74. The molecule has 0 aliphatic carbocycles. The minimum absolute atomic E-state index is 0.0810. The van der Waals surface area contributed by atoms with E-state index in [0.29, 0.717) is 43.9 Å². The first-order chi connectivity index (χ1) is 15.4. The van der Waals surface area contributed by atoms with E-state index in [1.165, 1.54) is 13.2 Å². The fourth-order valence-corrected chi connectivity index (χ4v) is 3.50. The van der Waals surface area contributed by atoms with Crippen LogP contribution in [0, 0.1) is 11.3 Å². The lowest BCUT2D eigenvalue weighted by Gasteiger charge is -2.13. The summed E-state index contributed by atoms with van der Waals surface area (Å²) in [6.07, 6.45) is 1.47. The predicted octanol–water partition coefficient (Wildman–Crippen LogP) is 6.89. The third-order valence-corrected chi connectivity index (χ3v) is 5.51. The van der Waals surface area contributed by atoms with Crippen molar-refractivity contribution >= 4 is 56.8 Å². The molecule has 0 aromatic heterocycles. The van der Waals surface area contributed by atoms with Gasteiger partial charge < -0.3 is 14.8 Å². The van der Waals surface area contributed by atoms with E-state index < -0.39 is 5.91 Å². The largest absolute Gasteiger partial charge is 0.493 e. The molecule has 32 heavy (non-hydrogen) atoms. The Hall–Kier alpha value is -2.98. The van der Waals surface area contributed by atoms with Crippen LogP contribution in [0.25, 0.3) is 6.08 Å². The molecule has 0 radical (unpaired) electrons. The third kappa shape index (κ3) is 6.27. The zero-order chi connectivity index (χ0) is 23.1. The summed E-state index contributed by atoms with van der Waals surface area (Å²) in [5, 5.41) is 13.3. The number of halogens is 3. The number of nitrogens with one attached hydrogen (secondary N) is 1. The lowest BCUT2D eigenvalue weighted by Crippen LogP contribution is -2.13. The van der Waals surface area contributed by atoms with Gasteiger partial charge in [-0.05, 0) is 59.7 Å². The number of hydrogen-bond acceptors (Lipinski definition) is 4. The standard InChI is InChI=1S/C24H17BrCl2N2O3/c1-31-22-10-16(9-17(13-28)24(30)29-20-4-2-3-19(27)11-20)21(25)12-23(22)32-14-15-5-7-18(26)8-6-15/h2-12H,14H2,1H3,(H,29,30)/b17-9+. The maximum atomic E-state index is 12.5. The summed E-state index contributed by atoms with van der Waals surface area (Å²) in [6.45, 7) is 0.320. The van der Waals surface area contributed by atoms with Crippen LogP contribution in [0.4, 0.5) is 5.69 Å². The van der Waals surface area contributed by atoms with Crippen molar-refractivity contribution < 1.29 is 14.3 Å². The highest BCUT2D eigenvalue weighted by Crippen LogP contribution is 2.35. The summed E-state index contributed by atoms with van der Waals surface area (Å²) in [7, 11) is 1.52. The Bertz CT molecular complexity index is 1200. The van der Waals surface area contributed by atoms with Crippen LogP contribution in [0.15, 0.2) is 70.7 Å². The Morgan fingerprint density at radius 1 is 1.09 bits per heavy atom. The van der Waals surface area contributed by atoms with Gasteiger partial charge in [0.1, 0.15) is 18.2 Å². The second-order valence-electron chi connectivity index (χ2n) is 6.57. The van der Waals surface area contributed by atoms with E-state index in [4.69, 9.17) is 32.7 Å². The lowest BCUT2D eigenvalue weighted by molar-refractivity contribution is -0.112. The smallest absolute Gasteiger partial charge is 0.266 e. The molecule has 0 spiro atoms. The Labute approximate surface area is 204 Å². The van der Waals surface area contributed by atoms with Crippen molar-refractivity contribution in [3.8, 4) is 17.6 Å². The van der Waals surface area contributed by atoms with Crippen molar-refractivity contribution in [3.05, 3.63) is 91.9 Å². The number of anilines is 1. The number of hydrogen-bond donors (Lipinski definition) is 1. The predicted molar refractivity (Wildman–Crippen MR) is 130 cm³/mol.